The van der Waals surface area contributed by atoms with E-state index in [2.05, 4.69) is 4.98 Å². The van der Waals surface area contributed by atoms with Crippen molar-refractivity contribution < 1.29 is 18.3 Å². The summed E-state index contributed by atoms with van der Waals surface area (Å²) in [4.78, 5) is 33.4. The van der Waals surface area contributed by atoms with Gasteiger partial charge in [0.2, 0.25) is 5.76 Å². The molecule has 3 heterocycles. The van der Waals surface area contributed by atoms with Crippen molar-refractivity contribution >= 4 is 22.7 Å². The molecule has 0 bridgehead atoms. The fourth-order valence-electron chi connectivity index (χ4n) is 4.67. The van der Waals surface area contributed by atoms with E-state index in [1.807, 2.05) is 61.5 Å². The fraction of sp³-hybridized carbons (Fsp3) is 0.100. The second-order valence-corrected chi connectivity index (χ2v) is 8.88. The lowest BCUT2D eigenvalue weighted by Crippen LogP contribution is -2.30. The molecule has 1 aliphatic heterocycles. The molecule has 0 N–H and O–H groups in total. The maximum Gasteiger partial charge on any atom is 0.296 e. The number of aryl methyl sites for hydroxylation is 1. The first-order chi connectivity index (χ1) is 18.0. The van der Waals surface area contributed by atoms with Gasteiger partial charge in [0.05, 0.1) is 17.0 Å². The summed E-state index contributed by atoms with van der Waals surface area (Å²) >= 11 is 0. The number of hydrogen-bond donors (Lipinski definition) is 0. The highest BCUT2D eigenvalue weighted by Gasteiger charge is 2.44. The Bertz CT molecular complexity index is 1710. The minimum Gasteiger partial charge on any atom is -0.489 e. The molecule has 3 aromatic carbocycles. The molecule has 0 saturated heterocycles. The molecule has 6 nitrogen and oxygen atoms in total. The van der Waals surface area contributed by atoms with Gasteiger partial charge in [-0.3, -0.25) is 14.5 Å². The Labute approximate surface area is 211 Å². The summed E-state index contributed by atoms with van der Waals surface area (Å²) < 4.78 is 26.0. The predicted molar refractivity (Wildman–Crippen MR) is 137 cm³/mol. The van der Waals surface area contributed by atoms with Crippen molar-refractivity contribution in [2.24, 2.45) is 0 Å². The summed E-state index contributed by atoms with van der Waals surface area (Å²) in [6.07, 6.45) is 0. The monoisotopic (exact) mass is 492 g/mol. The number of carbonyl (C=O) groups is 1. The fourth-order valence-corrected chi connectivity index (χ4v) is 4.67. The Morgan fingerprint density at radius 2 is 1.76 bits per heavy atom. The Morgan fingerprint density at radius 1 is 0.946 bits per heavy atom. The van der Waals surface area contributed by atoms with Gasteiger partial charge in [-0.25, -0.2) is 9.37 Å². The van der Waals surface area contributed by atoms with E-state index in [1.165, 1.54) is 17.0 Å². The van der Waals surface area contributed by atoms with Crippen LogP contribution in [0.25, 0.3) is 11.0 Å². The van der Waals surface area contributed by atoms with E-state index in [0.29, 0.717) is 29.4 Å². The molecule has 182 valence electrons. The average molecular weight is 493 g/mol. The summed E-state index contributed by atoms with van der Waals surface area (Å²) in [5, 5.41) is 0.0760. The van der Waals surface area contributed by atoms with Gasteiger partial charge < -0.3 is 9.15 Å². The van der Waals surface area contributed by atoms with Crippen LogP contribution in [0.15, 0.2) is 100 Å². The van der Waals surface area contributed by atoms with E-state index in [-0.39, 0.29) is 22.3 Å². The predicted octanol–water partition coefficient (Wildman–Crippen LogP) is 5.96. The molecule has 6 rings (SSSR count). The number of benzene rings is 3. The molecule has 7 heteroatoms. The van der Waals surface area contributed by atoms with Gasteiger partial charge in [0.25, 0.3) is 5.91 Å². The molecule has 2 aromatic heterocycles. The van der Waals surface area contributed by atoms with Crippen LogP contribution in [0.2, 0.25) is 0 Å². The number of carbonyl (C=O) groups excluding carboxylic acids is 1. The average Bonchev–Trinajstić information content (AvgIpc) is 3.21. The van der Waals surface area contributed by atoms with E-state index >= 15 is 0 Å². The third-order valence-electron chi connectivity index (χ3n) is 6.37. The van der Waals surface area contributed by atoms with Crippen LogP contribution in [0.5, 0.6) is 5.75 Å². The molecule has 0 fully saturated rings. The summed E-state index contributed by atoms with van der Waals surface area (Å²) in [6.45, 7) is 2.18. The van der Waals surface area contributed by atoms with E-state index in [0.717, 1.165) is 11.6 Å². The lowest BCUT2D eigenvalue weighted by molar-refractivity contribution is 0.0970. The van der Waals surface area contributed by atoms with Crippen LogP contribution in [0.3, 0.4) is 0 Å². The van der Waals surface area contributed by atoms with Crippen LogP contribution >= 0.6 is 0 Å². The topological polar surface area (TPSA) is 72.6 Å². The Kier molecular flexibility index (Phi) is 5.53. The first kappa shape index (κ1) is 22.7. The molecule has 0 spiro atoms. The van der Waals surface area contributed by atoms with Gasteiger partial charge in [0.15, 0.2) is 5.43 Å². The molecule has 1 atom stereocenters. The quantitative estimate of drug-likeness (QED) is 0.303. The van der Waals surface area contributed by atoms with Gasteiger partial charge in [-0.15, -0.1) is 0 Å². The smallest absolute Gasteiger partial charge is 0.296 e. The number of rotatable bonds is 5. The van der Waals surface area contributed by atoms with Gasteiger partial charge >= 0.3 is 0 Å². The number of halogens is 1. The number of aromatic nitrogens is 1. The number of fused-ring (bicyclic) bond motifs is 2. The molecular formula is C30H21FN2O4. The minimum atomic E-state index is -0.832. The first-order valence-corrected chi connectivity index (χ1v) is 11.8. The van der Waals surface area contributed by atoms with Crippen LogP contribution in [-0.4, -0.2) is 10.9 Å². The largest absolute Gasteiger partial charge is 0.489 e. The van der Waals surface area contributed by atoms with E-state index in [9.17, 15) is 14.0 Å². The second-order valence-electron chi connectivity index (χ2n) is 8.88. The molecule has 0 radical (unpaired) electrons. The van der Waals surface area contributed by atoms with Crippen LogP contribution in [0, 0.1) is 12.7 Å². The standard InChI is InChI=1S/C30H21FN2O4/c1-18-7-5-12-25(32-18)33-27(20-10-6-11-22(15-20)36-17-19-8-3-2-4-9-19)26-28(34)23-16-21(31)13-14-24(23)37-29(26)30(33)35/h2-16,27H,17H2,1H3. The molecule has 0 aliphatic carbocycles. The van der Waals surface area contributed by atoms with E-state index in [1.54, 1.807) is 18.2 Å². The van der Waals surface area contributed by atoms with Gasteiger partial charge in [-0.2, -0.15) is 0 Å². The van der Waals surface area contributed by atoms with E-state index in [4.69, 9.17) is 9.15 Å². The summed E-state index contributed by atoms with van der Waals surface area (Å²) in [5.41, 5.74) is 2.20. The molecule has 1 amide bonds. The third-order valence-corrected chi connectivity index (χ3v) is 6.37. The lowest BCUT2D eigenvalue weighted by atomic mass is 9.98. The maximum atomic E-state index is 14.0. The second kappa shape index (κ2) is 9.02. The number of ether oxygens (including phenoxy) is 1. The summed E-state index contributed by atoms with van der Waals surface area (Å²) in [5.74, 6) is -0.165. The van der Waals surface area contributed by atoms with Crippen molar-refractivity contribution in [1.29, 1.82) is 0 Å². The number of nitrogens with zero attached hydrogens (tertiary/aromatic N) is 2. The van der Waals surface area contributed by atoms with Crippen LogP contribution in [-0.2, 0) is 6.61 Å². The van der Waals surface area contributed by atoms with Crippen molar-refractivity contribution in [3.05, 3.63) is 135 Å². The number of amides is 1. The van der Waals surface area contributed by atoms with Crippen molar-refractivity contribution in [2.75, 3.05) is 4.90 Å². The lowest BCUT2D eigenvalue weighted by Gasteiger charge is -2.24. The molecule has 0 saturated carbocycles. The summed E-state index contributed by atoms with van der Waals surface area (Å²) in [6, 6.07) is 25.2. The zero-order valence-corrected chi connectivity index (χ0v) is 19.9. The third kappa shape index (κ3) is 4.04. The Hall–Kier alpha value is -4.78. The van der Waals surface area contributed by atoms with Gasteiger partial charge in [-0.1, -0.05) is 48.5 Å². The van der Waals surface area contributed by atoms with Crippen molar-refractivity contribution in [2.45, 2.75) is 19.6 Å². The van der Waals surface area contributed by atoms with Crippen LogP contribution in [0.1, 0.15) is 39.0 Å². The van der Waals surface area contributed by atoms with Crippen LogP contribution in [0.4, 0.5) is 10.2 Å². The van der Waals surface area contributed by atoms with Gasteiger partial charge in [-0.05, 0) is 60.5 Å². The minimum absolute atomic E-state index is 0.0759. The molecule has 1 aliphatic rings. The highest BCUT2D eigenvalue weighted by atomic mass is 19.1. The zero-order chi connectivity index (χ0) is 25.5. The van der Waals surface area contributed by atoms with Crippen molar-refractivity contribution in [1.82, 2.24) is 4.98 Å². The molecule has 37 heavy (non-hydrogen) atoms. The molecular weight excluding hydrogens is 471 g/mol. The van der Waals surface area contributed by atoms with Crippen LogP contribution < -0.4 is 15.1 Å². The first-order valence-electron chi connectivity index (χ1n) is 11.8. The SMILES string of the molecule is Cc1cccc(N2C(=O)c3oc4ccc(F)cc4c(=O)c3C2c2cccc(OCc3ccccc3)c2)n1. The number of anilines is 1. The molecule has 1 unspecified atom stereocenters. The highest BCUT2D eigenvalue weighted by Crippen LogP contribution is 2.41. The van der Waals surface area contributed by atoms with Gasteiger partial charge in [0.1, 0.15) is 29.6 Å². The number of hydrogen-bond acceptors (Lipinski definition) is 5. The van der Waals surface area contributed by atoms with E-state index < -0.39 is 23.2 Å². The van der Waals surface area contributed by atoms with Crippen molar-refractivity contribution in [3.8, 4) is 5.75 Å². The van der Waals surface area contributed by atoms with Crippen molar-refractivity contribution in [3.63, 3.8) is 0 Å². The molecule has 5 aromatic rings. The highest BCUT2D eigenvalue weighted by molar-refractivity contribution is 6.10. The zero-order valence-electron chi connectivity index (χ0n) is 19.9. The Morgan fingerprint density at radius 3 is 2.57 bits per heavy atom. The van der Waals surface area contributed by atoms with Gasteiger partial charge in [0, 0.05) is 5.69 Å². The summed E-state index contributed by atoms with van der Waals surface area (Å²) in [7, 11) is 0. The Balaban J connectivity index is 1.50. The normalized spacial score (nSPS) is 14.7. The number of pyridine rings is 1. The maximum absolute atomic E-state index is 14.0.